The number of benzene rings is 1. The zero-order chi connectivity index (χ0) is 15.8. The van der Waals surface area contributed by atoms with Gasteiger partial charge in [-0.15, -0.1) is 0 Å². The van der Waals surface area contributed by atoms with Crippen LogP contribution >= 0.6 is 0 Å². The van der Waals surface area contributed by atoms with Crippen molar-refractivity contribution in [2.24, 2.45) is 11.3 Å². The molecule has 0 radical (unpaired) electrons. The summed E-state index contributed by atoms with van der Waals surface area (Å²) in [6.07, 6.45) is 0.724. The Bertz CT molecular complexity index is 585. The summed E-state index contributed by atoms with van der Waals surface area (Å²) in [5.41, 5.74) is 0.0748. The van der Waals surface area contributed by atoms with Crippen LogP contribution in [0.25, 0.3) is 0 Å². The van der Waals surface area contributed by atoms with Gasteiger partial charge >= 0.3 is 5.97 Å². The third kappa shape index (κ3) is 3.15. The highest BCUT2D eigenvalue weighted by Crippen LogP contribution is 2.51. The van der Waals surface area contributed by atoms with Crippen molar-refractivity contribution in [3.63, 3.8) is 0 Å². The van der Waals surface area contributed by atoms with Crippen LogP contribution in [-0.2, 0) is 9.59 Å². The fourth-order valence-electron chi connectivity index (χ4n) is 2.31. The third-order valence-corrected chi connectivity index (χ3v) is 3.87. The standard InChI is InChI=1S/C15H18FNO4/c1-15(2)7-9(15)13(18)17-12(14(19)20)8-4-5-11(21-3)10(16)6-8/h4-6,9,12H,7H2,1-3H3,(H,17,18)(H,19,20)/t9-,12?/m1/s1. The summed E-state index contributed by atoms with van der Waals surface area (Å²) >= 11 is 0. The van der Waals surface area contributed by atoms with E-state index in [-0.39, 0.29) is 28.6 Å². The molecule has 1 saturated carbocycles. The van der Waals surface area contributed by atoms with Gasteiger partial charge in [0.1, 0.15) is 0 Å². The van der Waals surface area contributed by atoms with Crippen molar-refractivity contribution >= 4 is 11.9 Å². The minimum absolute atomic E-state index is 0.0255. The average Bonchev–Trinajstić information content (AvgIpc) is 3.04. The number of halogens is 1. The van der Waals surface area contributed by atoms with E-state index in [2.05, 4.69) is 5.32 Å². The van der Waals surface area contributed by atoms with Gasteiger partial charge in [0.2, 0.25) is 5.91 Å². The van der Waals surface area contributed by atoms with Crippen LogP contribution in [0.4, 0.5) is 4.39 Å². The van der Waals surface area contributed by atoms with Crippen LogP contribution in [0.3, 0.4) is 0 Å². The fourth-order valence-corrected chi connectivity index (χ4v) is 2.31. The summed E-state index contributed by atoms with van der Waals surface area (Å²) in [4.78, 5) is 23.4. The van der Waals surface area contributed by atoms with E-state index >= 15 is 0 Å². The number of amides is 1. The Kier molecular flexibility index (Phi) is 3.89. The molecule has 114 valence electrons. The quantitative estimate of drug-likeness (QED) is 0.872. The molecule has 2 atom stereocenters. The van der Waals surface area contributed by atoms with Crippen LogP contribution in [0.15, 0.2) is 18.2 Å². The van der Waals surface area contributed by atoms with Crippen molar-refractivity contribution in [2.75, 3.05) is 7.11 Å². The van der Waals surface area contributed by atoms with Crippen molar-refractivity contribution in [2.45, 2.75) is 26.3 Å². The van der Waals surface area contributed by atoms with Crippen LogP contribution < -0.4 is 10.1 Å². The first-order valence-corrected chi connectivity index (χ1v) is 6.63. The van der Waals surface area contributed by atoms with Gasteiger partial charge in [-0.1, -0.05) is 19.9 Å². The van der Waals surface area contributed by atoms with Crippen LogP contribution in [-0.4, -0.2) is 24.1 Å². The minimum Gasteiger partial charge on any atom is -0.494 e. The van der Waals surface area contributed by atoms with E-state index in [1.165, 1.54) is 19.2 Å². The van der Waals surface area contributed by atoms with Gasteiger partial charge in [-0.05, 0) is 29.5 Å². The van der Waals surface area contributed by atoms with Crippen molar-refractivity contribution in [1.82, 2.24) is 5.32 Å². The number of carboxylic acids is 1. The van der Waals surface area contributed by atoms with Gasteiger partial charge in [-0.2, -0.15) is 0 Å². The molecule has 1 aromatic carbocycles. The molecule has 5 nitrogen and oxygen atoms in total. The lowest BCUT2D eigenvalue weighted by atomic mass is 10.0. The van der Waals surface area contributed by atoms with Crippen molar-refractivity contribution in [3.05, 3.63) is 29.6 Å². The molecule has 6 heteroatoms. The number of rotatable bonds is 5. The molecular weight excluding hydrogens is 277 g/mol. The Hall–Kier alpha value is -2.11. The molecule has 0 aromatic heterocycles. The number of hydrogen-bond acceptors (Lipinski definition) is 3. The fraction of sp³-hybridized carbons (Fsp3) is 0.467. The van der Waals surface area contributed by atoms with Gasteiger partial charge in [0.15, 0.2) is 17.6 Å². The SMILES string of the molecule is COc1ccc(C(NC(=O)[C@H]2CC2(C)C)C(=O)O)cc1F. The largest absolute Gasteiger partial charge is 0.494 e. The van der Waals surface area contributed by atoms with Gasteiger partial charge in [0, 0.05) is 5.92 Å². The lowest BCUT2D eigenvalue weighted by Crippen LogP contribution is -2.35. The molecule has 1 aliphatic rings. The summed E-state index contributed by atoms with van der Waals surface area (Å²) in [5.74, 6) is -2.38. The highest BCUT2D eigenvalue weighted by Gasteiger charge is 2.51. The highest BCUT2D eigenvalue weighted by atomic mass is 19.1. The molecule has 1 fully saturated rings. The molecule has 0 spiro atoms. The molecule has 0 aliphatic heterocycles. The molecule has 0 saturated heterocycles. The number of carbonyl (C=O) groups excluding carboxylic acids is 1. The first-order chi connectivity index (χ1) is 9.76. The molecule has 2 N–H and O–H groups in total. The summed E-state index contributed by atoms with van der Waals surface area (Å²) in [5, 5.41) is 11.7. The average molecular weight is 295 g/mol. The summed E-state index contributed by atoms with van der Waals surface area (Å²) in [7, 11) is 1.32. The summed E-state index contributed by atoms with van der Waals surface area (Å²) in [6, 6.07) is 2.57. The number of carbonyl (C=O) groups is 2. The Morgan fingerprint density at radius 2 is 2.10 bits per heavy atom. The Morgan fingerprint density at radius 1 is 1.48 bits per heavy atom. The molecular formula is C15H18FNO4. The molecule has 1 amide bonds. The predicted octanol–water partition coefficient (Wildman–Crippen LogP) is 2.12. The molecule has 21 heavy (non-hydrogen) atoms. The summed E-state index contributed by atoms with van der Waals surface area (Å²) < 4.78 is 18.5. The molecule has 2 rings (SSSR count). The first kappa shape index (κ1) is 15.3. The number of methoxy groups -OCH3 is 1. The topological polar surface area (TPSA) is 75.6 Å². The Balaban J connectivity index is 2.18. The molecule has 1 unspecified atom stereocenters. The van der Waals surface area contributed by atoms with E-state index in [0.29, 0.717) is 0 Å². The zero-order valence-electron chi connectivity index (χ0n) is 12.1. The van der Waals surface area contributed by atoms with E-state index in [9.17, 15) is 19.1 Å². The lowest BCUT2D eigenvalue weighted by molar-refractivity contribution is -0.142. The molecule has 1 aliphatic carbocycles. The van der Waals surface area contributed by atoms with Gasteiger partial charge in [0.05, 0.1) is 7.11 Å². The highest BCUT2D eigenvalue weighted by molar-refractivity contribution is 5.87. The van der Waals surface area contributed by atoms with E-state index in [0.717, 1.165) is 12.5 Å². The van der Waals surface area contributed by atoms with E-state index in [4.69, 9.17) is 4.74 Å². The first-order valence-electron chi connectivity index (χ1n) is 6.63. The number of nitrogens with one attached hydrogen (secondary N) is 1. The number of carboxylic acid groups (broad SMARTS) is 1. The van der Waals surface area contributed by atoms with Crippen LogP contribution in [0.5, 0.6) is 5.75 Å². The van der Waals surface area contributed by atoms with E-state index in [1.807, 2.05) is 13.8 Å². The molecule has 0 bridgehead atoms. The second-order valence-electron chi connectivity index (χ2n) is 5.92. The monoisotopic (exact) mass is 295 g/mol. The smallest absolute Gasteiger partial charge is 0.330 e. The van der Waals surface area contributed by atoms with Crippen LogP contribution in [0, 0.1) is 17.2 Å². The Labute approximate surface area is 122 Å². The third-order valence-electron chi connectivity index (χ3n) is 3.87. The maximum Gasteiger partial charge on any atom is 0.330 e. The molecule has 0 heterocycles. The number of hydrogen-bond donors (Lipinski definition) is 2. The maximum atomic E-state index is 13.7. The van der Waals surface area contributed by atoms with E-state index < -0.39 is 17.8 Å². The second-order valence-corrected chi connectivity index (χ2v) is 5.92. The number of ether oxygens (including phenoxy) is 1. The minimum atomic E-state index is -1.27. The maximum absolute atomic E-state index is 13.7. The number of aliphatic carboxylic acids is 1. The van der Waals surface area contributed by atoms with Crippen molar-refractivity contribution in [3.8, 4) is 5.75 Å². The van der Waals surface area contributed by atoms with Crippen molar-refractivity contribution in [1.29, 1.82) is 0 Å². The zero-order valence-corrected chi connectivity index (χ0v) is 12.1. The van der Waals surface area contributed by atoms with Crippen molar-refractivity contribution < 1.29 is 23.8 Å². The van der Waals surface area contributed by atoms with Gasteiger partial charge in [-0.3, -0.25) is 4.79 Å². The predicted molar refractivity (Wildman–Crippen MR) is 73.4 cm³/mol. The lowest BCUT2D eigenvalue weighted by Gasteiger charge is -2.16. The van der Waals surface area contributed by atoms with Gasteiger partial charge in [0.25, 0.3) is 0 Å². The second kappa shape index (κ2) is 5.35. The normalized spacial score (nSPS) is 20.5. The van der Waals surface area contributed by atoms with Gasteiger partial charge < -0.3 is 15.2 Å². The molecule has 1 aromatic rings. The van der Waals surface area contributed by atoms with Crippen LogP contribution in [0.2, 0.25) is 0 Å². The van der Waals surface area contributed by atoms with Gasteiger partial charge in [-0.25, -0.2) is 9.18 Å². The Morgan fingerprint density at radius 3 is 2.52 bits per heavy atom. The van der Waals surface area contributed by atoms with Crippen LogP contribution in [0.1, 0.15) is 31.9 Å². The summed E-state index contributed by atoms with van der Waals surface area (Å²) in [6.45, 7) is 3.89. The van der Waals surface area contributed by atoms with E-state index in [1.54, 1.807) is 0 Å².